The summed E-state index contributed by atoms with van der Waals surface area (Å²) < 4.78 is 0. The van der Waals surface area contributed by atoms with Gasteiger partial charge in [0.15, 0.2) is 0 Å². The summed E-state index contributed by atoms with van der Waals surface area (Å²) in [5, 5.41) is 0. The standard InChI is InChI=1S/C24H36O2/c1-11-12(2)14(4)22-21(13(11)3)18-10-19-17(9-20(18)24(22)26)15-7-5-6-8-16(15)23(19)25/h11-22H,5-10H2,1-4H3. The average molecular weight is 357 g/mol. The largest absolute Gasteiger partial charge is 0.299 e. The van der Waals surface area contributed by atoms with Gasteiger partial charge in [0.05, 0.1) is 0 Å². The quantitative estimate of drug-likeness (QED) is 0.611. The molecule has 0 heterocycles. The molecule has 5 aliphatic carbocycles. The lowest BCUT2D eigenvalue weighted by Crippen LogP contribution is -2.44. The van der Waals surface area contributed by atoms with Crippen molar-refractivity contribution in [3.8, 4) is 0 Å². The number of carbonyl (C=O) groups excluding carboxylic acids is 2. The fourth-order valence-electron chi connectivity index (χ4n) is 8.78. The zero-order chi connectivity index (χ0) is 18.3. The lowest BCUT2D eigenvalue weighted by atomic mass is 9.57. The summed E-state index contributed by atoms with van der Waals surface area (Å²) in [6.07, 6.45) is 7.02. The van der Waals surface area contributed by atoms with Crippen LogP contribution >= 0.6 is 0 Å². The summed E-state index contributed by atoms with van der Waals surface area (Å²) in [5.74, 6) is 7.09. The van der Waals surface area contributed by atoms with Crippen LogP contribution in [0.15, 0.2) is 0 Å². The topological polar surface area (TPSA) is 34.1 Å². The normalized spacial score (nSPS) is 58.8. The molecule has 12 atom stereocenters. The fourth-order valence-corrected chi connectivity index (χ4v) is 8.78. The molecule has 144 valence electrons. The van der Waals surface area contributed by atoms with Crippen LogP contribution in [0.2, 0.25) is 0 Å². The van der Waals surface area contributed by atoms with Gasteiger partial charge in [0.1, 0.15) is 11.6 Å². The molecule has 0 N–H and O–H groups in total. The van der Waals surface area contributed by atoms with Gasteiger partial charge in [-0.15, -0.1) is 0 Å². The van der Waals surface area contributed by atoms with Crippen LogP contribution in [0.4, 0.5) is 0 Å². The van der Waals surface area contributed by atoms with Crippen LogP contribution in [0.1, 0.15) is 66.2 Å². The van der Waals surface area contributed by atoms with Crippen molar-refractivity contribution in [1.29, 1.82) is 0 Å². The molecule has 0 aliphatic heterocycles. The summed E-state index contributed by atoms with van der Waals surface area (Å²) in [5.41, 5.74) is 0. The van der Waals surface area contributed by atoms with Crippen LogP contribution in [0.25, 0.3) is 0 Å². The van der Waals surface area contributed by atoms with E-state index in [1.54, 1.807) is 0 Å². The molecule has 0 aromatic heterocycles. The Bertz CT molecular complexity index is 624. The van der Waals surface area contributed by atoms with Crippen molar-refractivity contribution in [1.82, 2.24) is 0 Å². The fraction of sp³-hybridized carbons (Fsp3) is 0.917. The van der Waals surface area contributed by atoms with Crippen molar-refractivity contribution < 1.29 is 9.59 Å². The molecule has 2 heteroatoms. The van der Waals surface area contributed by atoms with E-state index in [9.17, 15) is 9.59 Å². The molecule has 5 fully saturated rings. The van der Waals surface area contributed by atoms with Crippen molar-refractivity contribution in [2.45, 2.75) is 66.2 Å². The molecule has 2 nitrogen and oxygen atoms in total. The lowest BCUT2D eigenvalue weighted by molar-refractivity contribution is -0.130. The van der Waals surface area contributed by atoms with Crippen LogP contribution in [-0.4, -0.2) is 11.6 Å². The van der Waals surface area contributed by atoms with Crippen molar-refractivity contribution in [3.05, 3.63) is 0 Å². The van der Waals surface area contributed by atoms with Crippen molar-refractivity contribution in [2.75, 3.05) is 0 Å². The monoisotopic (exact) mass is 356 g/mol. The Balaban J connectivity index is 1.48. The highest BCUT2D eigenvalue weighted by atomic mass is 16.1. The third kappa shape index (κ3) is 2.11. The second-order valence-corrected chi connectivity index (χ2v) is 10.9. The Morgan fingerprint density at radius 3 is 2.00 bits per heavy atom. The lowest BCUT2D eigenvalue weighted by Gasteiger charge is -2.47. The predicted molar refractivity (Wildman–Crippen MR) is 102 cm³/mol. The van der Waals surface area contributed by atoms with Gasteiger partial charge in [-0.3, -0.25) is 9.59 Å². The van der Waals surface area contributed by atoms with E-state index in [-0.39, 0.29) is 11.8 Å². The molecule has 0 saturated heterocycles. The van der Waals surface area contributed by atoms with E-state index in [4.69, 9.17) is 0 Å². The molecule has 0 spiro atoms. The van der Waals surface area contributed by atoms with E-state index in [0.29, 0.717) is 70.7 Å². The summed E-state index contributed by atoms with van der Waals surface area (Å²) in [6.45, 7) is 9.51. The Kier molecular flexibility index (Phi) is 3.97. The Labute approximate surface area is 158 Å². The average Bonchev–Trinajstić information content (AvgIpc) is 3.10. The number of rotatable bonds is 0. The molecular formula is C24H36O2. The highest BCUT2D eigenvalue weighted by Crippen LogP contribution is 2.63. The maximum Gasteiger partial charge on any atom is 0.139 e. The number of hydrogen-bond acceptors (Lipinski definition) is 2. The van der Waals surface area contributed by atoms with Gasteiger partial charge in [0, 0.05) is 23.7 Å². The number of hydrogen-bond donors (Lipinski definition) is 0. The minimum absolute atomic E-state index is 0.280. The SMILES string of the molecule is CC1C(C)C(C)C2C3CC4C(=O)C5CCCCC5C4CC3C(=O)C2C1C. The molecule has 5 saturated carbocycles. The Morgan fingerprint density at radius 1 is 0.615 bits per heavy atom. The predicted octanol–water partition coefficient (Wildman–Crippen LogP) is 5.01. The highest BCUT2D eigenvalue weighted by Gasteiger charge is 2.63. The van der Waals surface area contributed by atoms with Gasteiger partial charge < -0.3 is 0 Å². The number of ketones is 2. The molecule has 0 bridgehead atoms. The second-order valence-electron chi connectivity index (χ2n) is 10.9. The Morgan fingerprint density at radius 2 is 1.23 bits per heavy atom. The molecule has 12 unspecified atom stereocenters. The smallest absolute Gasteiger partial charge is 0.139 e. The van der Waals surface area contributed by atoms with Gasteiger partial charge in [-0.25, -0.2) is 0 Å². The van der Waals surface area contributed by atoms with Crippen molar-refractivity contribution >= 4 is 11.6 Å². The second kappa shape index (κ2) is 5.92. The van der Waals surface area contributed by atoms with E-state index in [1.807, 2.05) is 0 Å². The summed E-state index contributed by atoms with van der Waals surface area (Å²) in [7, 11) is 0. The zero-order valence-electron chi connectivity index (χ0n) is 17.0. The minimum atomic E-state index is 0.280. The van der Waals surface area contributed by atoms with Gasteiger partial charge in [-0.2, -0.15) is 0 Å². The van der Waals surface area contributed by atoms with Crippen LogP contribution in [0.3, 0.4) is 0 Å². The third-order valence-corrected chi connectivity index (χ3v) is 10.5. The maximum atomic E-state index is 13.5. The van der Waals surface area contributed by atoms with Crippen LogP contribution in [0, 0.1) is 71.0 Å². The van der Waals surface area contributed by atoms with Gasteiger partial charge in [-0.05, 0) is 73.0 Å². The van der Waals surface area contributed by atoms with Crippen molar-refractivity contribution in [2.24, 2.45) is 71.0 Å². The maximum absolute atomic E-state index is 13.5. The molecule has 5 rings (SSSR count). The van der Waals surface area contributed by atoms with Gasteiger partial charge in [-0.1, -0.05) is 40.5 Å². The van der Waals surface area contributed by atoms with Gasteiger partial charge >= 0.3 is 0 Å². The molecule has 0 amide bonds. The third-order valence-electron chi connectivity index (χ3n) is 10.5. The van der Waals surface area contributed by atoms with E-state index in [2.05, 4.69) is 27.7 Å². The summed E-state index contributed by atoms with van der Waals surface area (Å²) in [4.78, 5) is 26.7. The van der Waals surface area contributed by atoms with Gasteiger partial charge in [0.25, 0.3) is 0 Å². The molecule has 0 aromatic rings. The molecule has 0 aromatic carbocycles. The summed E-state index contributed by atoms with van der Waals surface area (Å²) >= 11 is 0. The van der Waals surface area contributed by atoms with E-state index in [0.717, 1.165) is 19.3 Å². The first-order chi connectivity index (χ1) is 12.4. The zero-order valence-corrected chi connectivity index (χ0v) is 17.0. The van der Waals surface area contributed by atoms with Crippen LogP contribution < -0.4 is 0 Å². The first-order valence-electron chi connectivity index (χ1n) is 11.5. The molecule has 26 heavy (non-hydrogen) atoms. The summed E-state index contributed by atoms with van der Waals surface area (Å²) in [6, 6.07) is 0. The van der Waals surface area contributed by atoms with Crippen LogP contribution in [-0.2, 0) is 9.59 Å². The Hall–Kier alpha value is -0.660. The molecular weight excluding hydrogens is 320 g/mol. The number of Topliss-reactive ketones (excluding diaryl/α,β-unsaturated/α-hetero) is 2. The molecule has 5 aliphatic rings. The number of fused-ring (bicyclic) bond motifs is 6. The van der Waals surface area contributed by atoms with E-state index < -0.39 is 0 Å². The molecule has 0 radical (unpaired) electrons. The minimum Gasteiger partial charge on any atom is -0.299 e. The number of carbonyl (C=O) groups is 2. The highest BCUT2D eigenvalue weighted by molar-refractivity contribution is 5.90. The first-order valence-corrected chi connectivity index (χ1v) is 11.5. The van der Waals surface area contributed by atoms with Gasteiger partial charge in [0.2, 0.25) is 0 Å². The van der Waals surface area contributed by atoms with E-state index >= 15 is 0 Å². The van der Waals surface area contributed by atoms with E-state index in [1.165, 1.54) is 19.3 Å². The van der Waals surface area contributed by atoms with Crippen LogP contribution in [0.5, 0.6) is 0 Å². The van der Waals surface area contributed by atoms with Crippen molar-refractivity contribution in [3.63, 3.8) is 0 Å². The first kappa shape index (κ1) is 17.4.